The minimum Gasteiger partial charge on any atom is -0.493 e. The lowest BCUT2D eigenvalue weighted by Crippen LogP contribution is -2.01. The molecule has 0 aliphatic heterocycles. The third kappa shape index (κ3) is 3.56. The van der Waals surface area contributed by atoms with E-state index in [1.807, 2.05) is 6.07 Å². The Morgan fingerprint density at radius 2 is 2.12 bits per heavy atom. The van der Waals surface area contributed by atoms with Crippen LogP contribution in [0.25, 0.3) is 0 Å². The summed E-state index contributed by atoms with van der Waals surface area (Å²) in [4.78, 5) is 0. The third-order valence-corrected chi connectivity index (χ3v) is 3.03. The predicted octanol–water partition coefficient (Wildman–Crippen LogP) is 4.42. The van der Waals surface area contributed by atoms with Gasteiger partial charge in [0, 0.05) is 22.0 Å². The number of halogens is 2. The molecule has 0 aliphatic rings. The van der Waals surface area contributed by atoms with Crippen LogP contribution in [0.5, 0.6) is 11.5 Å². The highest BCUT2D eigenvalue weighted by Crippen LogP contribution is 2.35. The molecular weight excluding hydrogens is 291 g/mol. The molecule has 2 nitrogen and oxygen atoms in total. The van der Waals surface area contributed by atoms with E-state index in [0.717, 1.165) is 24.2 Å². The standard InChI is InChI=1S/C12H16BrClO2/c1-3-4-5-16-12-9(8-13)6-10(14)7-11(12)15-2/h6-7H,3-5,8H2,1-2H3. The van der Waals surface area contributed by atoms with Crippen molar-refractivity contribution < 1.29 is 9.47 Å². The Morgan fingerprint density at radius 3 is 2.69 bits per heavy atom. The van der Waals surface area contributed by atoms with Crippen LogP contribution in [0, 0.1) is 0 Å². The van der Waals surface area contributed by atoms with Crippen LogP contribution in [-0.2, 0) is 5.33 Å². The molecule has 16 heavy (non-hydrogen) atoms. The van der Waals surface area contributed by atoms with Crippen molar-refractivity contribution in [1.82, 2.24) is 0 Å². The molecule has 1 aromatic carbocycles. The van der Waals surface area contributed by atoms with Gasteiger partial charge < -0.3 is 9.47 Å². The molecule has 0 radical (unpaired) electrons. The van der Waals surface area contributed by atoms with Crippen LogP contribution in [0.4, 0.5) is 0 Å². The van der Waals surface area contributed by atoms with Gasteiger partial charge in [0.05, 0.1) is 13.7 Å². The van der Waals surface area contributed by atoms with E-state index in [2.05, 4.69) is 22.9 Å². The Hall–Kier alpha value is -0.410. The van der Waals surface area contributed by atoms with E-state index in [9.17, 15) is 0 Å². The second-order valence-corrected chi connectivity index (χ2v) is 4.43. The SMILES string of the molecule is CCCCOc1c(CBr)cc(Cl)cc1OC. The van der Waals surface area contributed by atoms with Crippen molar-refractivity contribution in [3.05, 3.63) is 22.7 Å². The lowest BCUT2D eigenvalue weighted by molar-refractivity contribution is 0.286. The smallest absolute Gasteiger partial charge is 0.165 e. The predicted molar refractivity (Wildman–Crippen MR) is 71.0 cm³/mol. The zero-order valence-electron chi connectivity index (χ0n) is 9.56. The Morgan fingerprint density at radius 1 is 1.38 bits per heavy atom. The van der Waals surface area contributed by atoms with Gasteiger partial charge in [-0.1, -0.05) is 40.9 Å². The summed E-state index contributed by atoms with van der Waals surface area (Å²) in [6, 6.07) is 3.66. The molecule has 0 aliphatic carbocycles. The van der Waals surface area contributed by atoms with Crippen LogP contribution in [0.15, 0.2) is 12.1 Å². The number of hydrogen-bond donors (Lipinski definition) is 0. The zero-order valence-corrected chi connectivity index (χ0v) is 11.9. The van der Waals surface area contributed by atoms with Crippen molar-refractivity contribution in [2.75, 3.05) is 13.7 Å². The van der Waals surface area contributed by atoms with Crippen LogP contribution < -0.4 is 9.47 Å². The summed E-state index contributed by atoms with van der Waals surface area (Å²) >= 11 is 9.41. The van der Waals surface area contributed by atoms with Crippen molar-refractivity contribution in [2.24, 2.45) is 0 Å². The van der Waals surface area contributed by atoms with Crippen LogP contribution in [0.2, 0.25) is 5.02 Å². The molecule has 1 rings (SSSR count). The normalized spacial score (nSPS) is 10.2. The van der Waals surface area contributed by atoms with E-state index < -0.39 is 0 Å². The molecule has 1 aromatic rings. The van der Waals surface area contributed by atoms with Gasteiger partial charge in [-0.3, -0.25) is 0 Å². The van der Waals surface area contributed by atoms with Crippen LogP contribution in [0.1, 0.15) is 25.3 Å². The Bertz CT molecular complexity index is 317. The summed E-state index contributed by atoms with van der Waals surface area (Å²) in [5.74, 6) is 1.48. The van der Waals surface area contributed by atoms with E-state index >= 15 is 0 Å². The molecule has 0 aromatic heterocycles. The van der Waals surface area contributed by atoms with E-state index in [4.69, 9.17) is 21.1 Å². The van der Waals surface area contributed by atoms with Gasteiger partial charge in [0.2, 0.25) is 0 Å². The number of alkyl halides is 1. The Kier molecular flexibility index (Phi) is 5.99. The highest BCUT2D eigenvalue weighted by atomic mass is 79.9. The van der Waals surface area contributed by atoms with E-state index in [0.29, 0.717) is 22.7 Å². The first kappa shape index (κ1) is 13.7. The molecule has 4 heteroatoms. The molecule has 0 saturated carbocycles. The number of unbranched alkanes of at least 4 members (excludes halogenated alkanes) is 1. The molecule has 0 fully saturated rings. The third-order valence-electron chi connectivity index (χ3n) is 2.20. The first-order valence-corrected chi connectivity index (χ1v) is 6.78. The second-order valence-electron chi connectivity index (χ2n) is 3.43. The number of methoxy groups -OCH3 is 1. The van der Waals surface area contributed by atoms with Crippen molar-refractivity contribution >= 4 is 27.5 Å². The van der Waals surface area contributed by atoms with Crippen molar-refractivity contribution in [1.29, 1.82) is 0 Å². The van der Waals surface area contributed by atoms with Gasteiger partial charge in [0.1, 0.15) is 0 Å². The largest absolute Gasteiger partial charge is 0.493 e. The quantitative estimate of drug-likeness (QED) is 0.572. The van der Waals surface area contributed by atoms with Gasteiger partial charge in [-0.25, -0.2) is 0 Å². The summed E-state index contributed by atoms with van der Waals surface area (Å²) in [7, 11) is 1.62. The van der Waals surface area contributed by atoms with Gasteiger partial charge >= 0.3 is 0 Å². The molecule has 90 valence electrons. The summed E-state index contributed by atoms with van der Waals surface area (Å²) in [5, 5.41) is 1.36. The van der Waals surface area contributed by atoms with Crippen molar-refractivity contribution in [3.8, 4) is 11.5 Å². The average Bonchev–Trinajstić information content (AvgIpc) is 2.30. The maximum Gasteiger partial charge on any atom is 0.165 e. The molecule has 0 saturated heterocycles. The lowest BCUT2D eigenvalue weighted by atomic mass is 10.2. The number of rotatable bonds is 6. The fourth-order valence-corrected chi connectivity index (χ4v) is 2.00. The second kappa shape index (κ2) is 7.02. The molecule has 0 unspecified atom stereocenters. The molecule has 0 heterocycles. The van der Waals surface area contributed by atoms with Gasteiger partial charge in [-0.2, -0.15) is 0 Å². The molecule has 0 atom stereocenters. The Balaban J connectivity index is 2.93. The Labute approximate surface area is 110 Å². The minimum atomic E-state index is 0.661. The topological polar surface area (TPSA) is 18.5 Å². The molecule has 0 N–H and O–H groups in total. The summed E-state index contributed by atoms with van der Waals surface area (Å²) in [6.07, 6.45) is 2.15. The first-order valence-electron chi connectivity index (χ1n) is 5.28. The monoisotopic (exact) mass is 306 g/mol. The summed E-state index contributed by atoms with van der Waals surface area (Å²) in [6.45, 7) is 2.84. The zero-order chi connectivity index (χ0) is 12.0. The molecule has 0 amide bonds. The molecule has 0 spiro atoms. The van der Waals surface area contributed by atoms with Gasteiger partial charge in [0.25, 0.3) is 0 Å². The molecular formula is C12H16BrClO2. The van der Waals surface area contributed by atoms with Crippen molar-refractivity contribution in [2.45, 2.75) is 25.1 Å². The maximum atomic E-state index is 5.98. The maximum absolute atomic E-state index is 5.98. The fourth-order valence-electron chi connectivity index (χ4n) is 1.36. The van der Waals surface area contributed by atoms with Crippen molar-refractivity contribution in [3.63, 3.8) is 0 Å². The van der Waals surface area contributed by atoms with E-state index in [1.165, 1.54) is 0 Å². The highest BCUT2D eigenvalue weighted by Gasteiger charge is 2.11. The fraction of sp³-hybridized carbons (Fsp3) is 0.500. The average molecular weight is 308 g/mol. The van der Waals surface area contributed by atoms with Crippen LogP contribution in [0.3, 0.4) is 0 Å². The minimum absolute atomic E-state index is 0.661. The van der Waals surface area contributed by atoms with E-state index in [1.54, 1.807) is 13.2 Å². The molecule has 0 bridgehead atoms. The van der Waals surface area contributed by atoms with E-state index in [-0.39, 0.29) is 0 Å². The first-order chi connectivity index (χ1) is 7.72. The number of benzene rings is 1. The van der Waals surface area contributed by atoms with Gasteiger partial charge in [-0.15, -0.1) is 0 Å². The van der Waals surface area contributed by atoms with Gasteiger partial charge in [0.15, 0.2) is 11.5 Å². The highest BCUT2D eigenvalue weighted by molar-refractivity contribution is 9.08. The lowest BCUT2D eigenvalue weighted by Gasteiger charge is -2.14. The number of hydrogen-bond acceptors (Lipinski definition) is 2. The number of ether oxygens (including phenoxy) is 2. The summed E-state index contributed by atoms with van der Waals surface area (Å²) < 4.78 is 11.0. The van der Waals surface area contributed by atoms with Crippen LogP contribution >= 0.6 is 27.5 Å². The summed E-state index contributed by atoms with van der Waals surface area (Å²) in [5.41, 5.74) is 1.01. The van der Waals surface area contributed by atoms with Crippen LogP contribution in [-0.4, -0.2) is 13.7 Å². The van der Waals surface area contributed by atoms with Gasteiger partial charge in [-0.05, 0) is 12.5 Å².